The van der Waals surface area contributed by atoms with Crippen molar-refractivity contribution < 1.29 is 18.0 Å². The summed E-state index contributed by atoms with van der Waals surface area (Å²) in [6.45, 7) is 7.82. The van der Waals surface area contributed by atoms with E-state index in [-0.39, 0.29) is 12.5 Å². The number of amides is 2. The highest BCUT2D eigenvalue weighted by molar-refractivity contribution is 7.92. The Balaban J connectivity index is 2.38. The molecule has 180 valence electrons. The summed E-state index contributed by atoms with van der Waals surface area (Å²) in [5, 5.41) is 2.80. The van der Waals surface area contributed by atoms with Crippen LogP contribution in [0.25, 0.3) is 0 Å². The number of hydrogen-bond acceptors (Lipinski definition) is 4. The van der Waals surface area contributed by atoms with Crippen LogP contribution in [0.1, 0.15) is 37.0 Å². The number of aryl methyl sites for hydroxylation is 2. The van der Waals surface area contributed by atoms with Gasteiger partial charge in [0.15, 0.2) is 0 Å². The van der Waals surface area contributed by atoms with Crippen molar-refractivity contribution in [2.75, 3.05) is 30.2 Å². The molecule has 0 bridgehead atoms. The predicted molar refractivity (Wildman–Crippen MR) is 133 cm³/mol. The maximum absolute atomic E-state index is 13.5. The van der Waals surface area contributed by atoms with Gasteiger partial charge < -0.3 is 10.2 Å². The molecule has 0 fully saturated rings. The first-order chi connectivity index (χ1) is 15.6. The fourth-order valence-corrected chi connectivity index (χ4v) is 4.78. The maximum atomic E-state index is 13.5. The number of nitrogens with one attached hydrogen (secondary N) is 1. The van der Waals surface area contributed by atoms with Gasteiger partial charge in [-0.3, -0.25) is 13.9 Å². The number of nitrogens with zero attached hydrogens (tertiary/aromatic N) is 2. The number of carbonyl (C=O) groups excluding carboxylic acids is 2. The number of likely N-dealkylation sites (N-methyl/N-ethyl adjacent to an activating group) is 1. The number of rotatable bonds is 11. The highest BCUT2D eigenvalue weighted by Crippen LogP contribution is 2.24. The number of benzene rings is 2. The Kier molecular flexibility index (Phi) is 9.46. The third-order valence-electron chi connectivity index (χ3n) is 5.52. The molecule has 2 amide bonds. The molecule has 2 rings (SSSR count). The second kappa shape index (κ2) is 11.8. The molecule has 0 saturated carbocycles. The number of sulfonamides is 1. The van der Waals surface area contributed by atoms with Crippen LogP contribution in [0.3, 0.4) is 0 Å². The lowest BCUT2D eigenvalue weighted by molar-refractivity contribution is -0.139. The summed E-state index contributed by atoms with van der Waals surface area (Å²) >= 11 is 0. The molecule has 2 aromatic carbocycles. The number of carbonyl (C=O) groups is 2. The molecule has 0 aliphatic carbocycles. The first-order valence-corrected chi connectivity index (χ1v) is 13.1. The predicted octanol–water partition coefficient (Wildman–Crippen LogP) is 3.06. The van der Waals surface area contributed by atoms with Crippen molar-refractivity contribution in [2.45, 2.75) is 46.6 Å². The molecule has 0 aliphatic rings. The molecule has 0 aromatic heterocycles. The zero-order chi connectivity index (χ0) is 24.6. The van der Waals surface area contributed by atoms with Crippen molar-refractivity contribution in [3.8, 4) is 0 Å². The van der Waals surface area contributed by atoms with E-state index in [2.05, 4.69) is 5.32 Å². The largest absolute Gasteiger partial charge is 0.355 e. The lowest BCUT2D eigenvalue weighted by Crippen LogP contribution is -2.53. The summed E-state index contributed by atoms with van der Waals surface area (Å²) in [6.07, 6.45) is 2.08. The topological polar surface area (TPSA) is 86.8 Å². The second-order valence-electron chi connectivity index (χ2n) is 8.20. The van der Waals surface area contributed by atoms with Crippen molar-refractivity contribution in [1.29, 1.82) is 0 Å². The van der Waals surface area contributed by atoms with Gasteiger partial charge in [-0.2, -0.15) is 0 Å². The molecule has 0 radical (unpaired) electrons. The molecule has 0 saturated heterocycles. The highest BCUT2D eigenvalue weighted by Gasteiger charge is 2.31. The minimum Gasteiger partial charge on any atom is -0.355 e. The zero-order valence-corrected chi connectivity index (χ0v) is 21.0. The molecule has 2 aromatic rings. The molecule has 1 N–H and O–H groups in total. The van der Waals surface area contributed by atoms with E-state index in [1.165, 1.54) is 4.90 Å². The summed E-state index contributed by atoms with van der Waals surface area (Å²) < 4.78 is 26.4. The van der Waals surface area contributed by atoms with Crippen LogP contribution < -0.4 is 9.62 Å². The highest BCUT2D eigenvalue weighted by atomic mass is 32.2. The quantitative estimate of drug-likeness (QED) is 0.543. The summed E-state index contributed by atoms with van der Waals surface area (Å²) in [4.78, 5) is 27.8. The Bertz CT molecular complexity index is 1050. The fourth-order valence-electron chi connectivity index (χ4n) is 3.87. The van der Waals surface area contributed by atoms with Gasteiger partial charge in [0.05, 0.1) is 11.9 Å². The lowest BCUT2D eigenvalue weighted by atomic mass is 10.1. The van der Waals surface area contributed by atoms with E-state index in [4.69, 9.17) is 0 Å². The molecule has 8 heteroatoms. The standard InChI is InChI=1S/C25H35N3O4S/c1-6-22(25(30)26-7-2)27(16-15-21-11-9-8-10-12-21)24(29)18-28(33(5,31)32)23-14-13-19(3)17-20(23)4/h8-14,17,22H,6-7,15-16,18H2,1-5H3,(H,26,30)/t22-/m0/s1. The SMILES string of the molecule is CCNC(=O)[C@H](CC)N(CCc1ccccc1)C(=O)CN(c1ccc(C)cc1C)S(C)(=O)=O. The third-order valence-corrected chi connectivity index (χ3v) is 6.65. The van der Waals surface area contributed by atoms with Crippen LogP contribution in [-0.2, 0) is 26.0 Å². The van der Waals surface area contributed by atoms with Crippen molar-refractivity contribution >= 4 is 27.5 Å². The van der Waals surface area contributed by atoms with Crippen LogP contribution in [-0.4, -0.2) is 57.1 Å². The lowest BCUT2D eigenvalue weighted by Gasteiger charge is -2.33. The van der Waals surface area contributed by atoms with Gasteiger partial charge in [-0.1, -0.05) is 55.0 Å². The monoisotopic (exact) mass is 473 g/mol. The minimum atomic E-state index is -3.73. The molecular formula is C25H35N3O4S. The smallest absolute Gasteiger partial charge is 0.244 e. The Labute approximate surface area is 197 Å². The first kappa shape index (κ1) is 26.4. The molecule has 0 aliphatic heterocycles. The van der Waals surface area contributed by atoms with Crippen molar-refractivity contribution in [3.63, 3.8) is 0 Å². The normalized spacial score (nSPS) is 12.2. The number of hydrogen-bond donors (Lipinski definition) is 1. The average Bonchev–Trinajstić information content (AvgIpc) is 2.75. The van der Waals surface area contributed by atoms with Crippen LogP contribution in [0.15, 0.2) is 48.5 Å². The third kappa shape index (κ3) is 7.32. The fraction of sp³-hybridized carbons (Fsp3) is 0.440. The Morgan fingerprint density at radius 2 is 1.70 bits per heavy atom. The molecule has 0 unspecified atom stereocenters. The zero-order valence-electron chi connectivity index (χ0n) is 20.2. The van der Waals surface area contributed by atoms with E-state index in [0.29, 0.717) is 31.6 Å². The van der Waals surface area contributed by atoms with E-state index in [9.17, 15) is 18.0 Å². The Morgan fingerprint density at radius 3 is 2.24 bits per heavy atom. The van der Waals surface area contributed by atoms with Crippen molar-refractivity contribution in [3.05, 3.63) is 65.2 Å². The van der Waals surface area contributed by atoms with Crippen LogP contribution in [0, 0.1) is 13.8 Å². The first-order valence-electron chi connectivity index (χ1n) is 11.2. The van der Waals surface area contributed by atoms with Gasteiger partial charge in [0.2, 0.25) is 21.8 Å². The van der Waals surface area contributed by atoms with Gasteiger partial charge in [-0.15, -0.1) is 0 Å². The molecule has 0 heterocycles. The van der Waals surface area contributed by atoms with E-state index in [0.717, 1.165) is 27.3 Å². The van der Waals surface area contributed by atoms with Crippen molar-refractivity contribution in [2.24, 2.45) is 0 Å². The molecule has 0 spiro atoms. The van der Waals surface area contributed by atoms with E-state index < -0.39 is 22.0 Å². The maximum Gasteiger partial charge on any atom is 0.244 e. The van der Waals surface area contributed by atoms with Gasteiger partial charge in [0.1, 0.15) is 12.6 Å². The van der Waals surface area contributed by atoms with Crippen LogP contribution in [0.4, 0.5) is 5.69 Å². The van der Waals surface area contributed by atoms with Gasteiger partial charge >= 0.3 is 0 Å². The summed E-state index contributed by atoms with van der Waals surface area (Å²) in [5.74, 6) is -0.645. The molecule has 1 atom stereocenters. The van der Waals surface area contributed by atoms with E-state index in [1.54, 1.807) is 6.07 Å². The van der Waals surface area contributed by atoms with Crippen molar-refractivity contribution in [1.82, 2.24) is 10.2 Å². The van der Waals surface area contributed by atoms with Crippen LogP contribution in [0.5, 0.6) is 0 Å². The van der Waals surface area contributed by atoms with Crippen LogP contribution >= 0.6 is 0 Å². The molecular weight excluding hydrogens is 438 g/mol. The summed E-state index contributed by atoms with van der Waals surface area (Å²) in [7, 11) is -3.73. The van der Waals surface area contributed by atoms with E-state index >= 15 is 0 Å². The van der Waals surface area contributed by atoms with Gasteiger partial charge in [-0.25, -0.2) is 8.42 Å². The molecule has 33 heavy (non-hydrogen) atoms. The second-order valence-corrected chi connectivity index (χ2v) is 10.1. The van der Waals surface area contributed by atoms with Gasteiger partial charge in [0.25, 0.3) is 0 Å². The summed E-state index contributed by atoms with van der Waals surface area (Å²) in [5.41, 5.74) is 3.27. The van der Waals surface area contributed by atoms with E-state index in [1.807, 2.05) is 70.2 Å². The average molecular weight is 474 g/mol. The van der Waals surface area contributed by atoms with Gasteiger partial charge in [-0.05, 0) is 50.8 Å². The van der Waals surface area contributed by atoms with Crippen LogP contribution in [0.2, 0.25) is 0 Å². The minimum absolute atomic E-state index is 0.237. The molecule has 7 nitrogen and oxygen atoms in total. The van der Waals surface area contributed by atoms with Gasteiger partial charge in [0, 0.05) is 13.1 Å². The number of anilines is 1. The Morgan fingerprint density at radius 1 is 1.03 bits per heavy atom. The summed E-state index contributed by atoms with van der Waals surface area (Å²) in [6, 6.07) is 14.4. The Hall–Kier alpha value is -2.87.